The third kappa shape index (κ3) is 6.26. The van der Waals surface area contributed by atoms with Crippen molar-refractivity contribution in [1.82, 2.24) is 20.1 Å². The third-order valence-corrected chi connectivity index (χ3v) is 5.67. The van der Waals surface area contributed by atoms with Crippen LogP contribution in [0.2, 0.25) is 0 Å². The summed E-state index contributed by atoms with van der Waals surface area (Å²) < 4.78 is 10.9. The highest BCUT2D eigenvalue weighted by atomic mass is 16.7. The summed E-state index contributed by atoms with van der Waals surface area (Å²) in [5, 5.41) is 6.82. The molecule has 2 aliphatic rings. The zero-order valence-electron chi connectivity index (χ0n) is 18.9. The topological polar surface area (TPSA) is 74.3 Å². The number of rotatable bonds is 9. The number of ether oxygens (including phenoxy) is 2. The molecule has 3 heterocycles. The number of aliphatic imine (C=N–C) groups is 1. The minimum Gasteiger partial charge on any atom is -0.454 e. The smallest absolute Gasteiger partial charge is 0.231 e. The Kier molecular flexibility index (Phi) is 8.03. The van der Waals surface area contributed by atoms with Gasteiger partial charge in [-0.2, -0.15) is 0 Å². The predicted octanol–water partition coefficient (Wildman–Crippen LogP) is 2.79. The highest BCUT2D eigenvalue weighted by Gasteiger charge is 2.20. The molecule has 2 aliphatic heterocycles. The molecular weight excluding hydrogens is 404 g/mol. The molecule has 0 amide bonds. The molecule has 1 aromatic heterocycles. The van der Waals surface area contributed by atoms with Crippen LogP contribution in [0.1, 0.15) is 25.3 Å². The van der Waals surface area contributed by atoms with Gasteiger partial charge in [-0.15, -0.1) is 0 Å². The summed E-state index contributed by atoms with van der Waals surface area (Å²) in [6.07, 6.45) is 3.94. The van der Waals surface area contributed by atoms with Gasteiger partial charge in [0.1, 0.15) is 5.82 Å². The van der Waals surface area contributed by atoms with E-state index in [1.54, 1.807) is 0 Å². The SMILES string of the molecule is CCNC(=NCCCCNc1ccccn1)N1CCN(Cc2ccc3c(c2)OCO3)CC1. The minimum absolute atomic E-state index is 0.324. The lowest BCUT2D eigenvalue weighted by Gasteiger charge is -2.36. The largest absolute Gasteiger partial charge is 0.454 e. The Bertz CT molecular complexity index is 868. The van der Waals surface area contributed by atoms with Crippen LogP contribution in [0.25, 0.3) is 0 Å². The van der Waals surface area contributed by atoms with Gasteiger partial charge in [0.25, 0.3) is 0 Å². The molecule has 2 N–H and O–H groups in total. The predicted molar refractivity (Wildman–Crippen MR) is 127 cm³/mol. The van der Waals surface area contributed by atoms with Crippen LogP contribution >= 0.6 is 0 Å². The van der Waals surface area contributed by atoms with Gasteiger partial charge in [0.15, 0.2) is 17.5 Å². The Labute approximate surface area is 190 Å². The Hall–Kier alpha value is -3.00. The Morgan fingerprint density at radius 1 is 1.06 bits per heavy atom. The van der Waals surface area contributed by atoms with E-state index in [1.807, 2.05) is 30.5 Å². The van der Waals surface area contributed by atoms with Crippen LogP contribution in [0.3, 0.4) is 0 Å². The van der Waals surface area contributed by atoms with Crippen molar-refractivity contribution in [3.63, 3.8) is 0 Å². The number of benzene rings is 1. The number of unbranched alkanes of at least 4 members (excludes halogenated alkanes) is 1. The van der Waals surface area contributed by atoms with Crippen LogP contribution in [0.4, 0.5) is 5.82 Å². The normalized spacial score (nSPS) is 16.3. The average Bonchev–Trinajstić information content (AvgIpc) is 3.30. The number of guanidine groups is 1. The lowest BCUT2D eigenvalue weighted by molar-refractivity contribution is 0.171. The van der Waals surface area contributed by atoms with Crippen LogP contribution in [0.5, 0.6) is 11.5 Å². The molecule has 2 aromatic rings. The molecule has 1 saturated heterocycles. The van der Waals surface area contributed by atoms with E-state index >= 15 is 0 Å². The van der Waals surface area contributed by atoms with Gasteiger partial charge in [-0.05, 0) is 49.6 Å². The molecule has 1 fully saturated rings. The lowest BCUT2D eigenvalue weighted by Crippen LogP contribution is -2.52. The summed E-state index contributed by atoms with van der Waals surface area (Å²) >= 11 is 0. The number of nitrogens with one attached hydrogen (secondary N) is 2. The minimum atomic E-state index is 0.324. The summed E-state index contributed by atoms with van der Waals surface area (Å²) in [6, 6.07) is 12.2. The molecule has 32 heavy (non-hydrogen) atoms. The van der Waals surface area contributed by atoms with Gasteiger partial charge in [0, 0.05) is 58.6 Å². The van der Waals surface area contributed by atoms with E-state index < -0.39 is 0 Å². The highest BCUT2D eigenvalue weighted by molar-refractivity contribution is 5.80. The van der Waals surface area contributed by atoms with Gasteiger partial charge >= 0.3 is 0 Å². The lowest BCUT2D eigenvalue weighted by atomic mass is 10.1. The fourth-order valence-electron chi connectivity index (χ4n) is 3.95. The Morgan fingerprint density at radius 3 is 2.75 bits per heavy atom. The van der Waals surface area contributed by atoms with Gasteiger partial charge in [0.2, 0.25) is 6.79 Å². The van der Waals surface area contributed by atoms with E-state index in [4.69, 9.17) is 14.5 Å². The summed E-state index contributed by atoms with van der Waals surface area (Å²) in [5.41, 5.74) is 1.27. The van der Waals surface area contributed by atoms with Crippen LogP contribution < -0.4 is 20.1 Å². The molecule has 0 radical (unpaired) electrons. The zero-order valence-corrected chi connectivity index (χ0v) is 18.9. The van der Waals surface area contributed by atoms with E-state index in [0.717, 1.165) is 88.5 Å². The summed E-state index contributed by atoms with van der Waals surface area (Å²) in [7, 11) is 0. The molecule has 0 unspecified atom stereocenters. The second-order valence-electron chi connectivity index (χ2n) is 8.04. The first-order valence-corrected chi connectivity index (χ1v) is 11.6. The van der Waals surface area contributed by atoms with E-state index in [0.29, 0.717) is 6.79 Å². The number of nitrogens with zero attached hydrogens (tertiary/aromatic N) is 4. The van der Waals surface area contributed by atoms with Crippen molar-refractivity contribution in [3.8, 4) is 11.5 Å². The number of pyridine rings is 1. The van der Waals surface area contributed by atoms with Crippen LogP contribution in [0, 0.1) is 0 Å². The van der Waals surface area contributed by atoms with Gasteiger partial charge in [0.05, 0.1) is 0 Å². The van der Waals surface area contributed by atoms with E-state index in [1.165, 1.54) is 5.56 Å². The molecule has 0 aliphatic carbocycles. The van der Waals surface area contributed by atoms with Crippen molar-refractivity contribution in [2.24, 2.45) is 4.99 Å². The number of anilines is 1. The molecule has 0 bridgehead atoms. The average molecular weight is 439 g/mol. The Balaban J connectivity index is 1.18. The number of hydrogen-bond donors (Lipinski definition) is 2. The maximum atomic E-state index is 5.51. The summed E-state index contributed by atoms with van der Waals surface area (Å²) in [6.45, 7) is 10.0. The number of piperazine rings is 1. The van der Waals surface area contributed by atoms with Gasteiger partial charge in [-0.1, -0.05) is 12.1 Å². The second kappa shape index (κ2) is 11.6. The number of aromatic nitrogens is 1. The van der Waals surface area contributed by atoms with E-state index in [-0.39, 0.29) is 0 Å². The van der Waals surface area contributed by atoms with Gasteiger partial charge in [-0.3, -0.25) is 9.89 Å². The fraction of sp³-hybridized carbons (Fsp3) is 0.500. The van der Waals surface area contributed by atoms with Crippen LogP contribution in [-0.2, 0) is 6.54 Å². The van der Waals surface area contributed by atoms with Gasteiger partial charge < -0.3 is 25.0 Å². The molecular formula is C24H34N6O2. The summed E-state index contributed by atoms with van der Waals surface area (Å²) in [4.78, 5) is 14.0. The Morgan fingerprint density at radius 2 is 1.94 bits per heavy atom. The first-order chi connectivity index (χ1) is 15.8. The van der Waals surface area contributed by atoms with Crippen LogP contribution in [0.15, 0.2) is 47.6 Å². The first kappa shape index (κ1) is 22.2. The van der Waals surface area contributed by atoms with Gasteiger partial charge in [-0.25, -0.2) is 4.98 Å². The molecule has 172 valence electrons. The molecule has 0 spiro atoms. The zero-order chi connectivity index (χ0) is 22.0. The van der Waals surface area contributed by atoms with Crippen molar-refractivity contribution in [3.05, 3.63) is 48.2 Å². The third-order valence-electron chi connectivity index (χ3n) is 5.67. The number of hydrogen-bond acceptors (Lipinski definition) is 6. The number of fused-ring (bicyclic) bond motifs is 1. The van der Waals surface area contributed by atoms with Crippen molar-refractivity contribution in [2.45, 2.75) is 26.3 Å². The molecule has 8 heteroatoms. The second-order valence-corrected chi connectivity index (χ2v) is 8.04. The van der Waals surface area contributed by atoms with Crippen molar-refractivity contribution < 1.29 is 9.47 Å². The van der Waals surface area contributed by atoms with E-state index in [2.05, 4.69) is 44.5 Å². The maximum absolute atomic E-state index is 5.51. The highest BCUT2D eigenvalue weighted by Crippen LogP contribution is 2.32. The van der Waals surface area contributed by atoms with E-state index in [9.17, 15) is 0 Å². The van der Waals surface area contributed by atoms with Crippen LogP contribution in [-0.4, -0.2) is 73.3 Å². The molecule has 0 atom stereocenters. The molecule has 0 saturated carbocycles. The quantitative estimate of drug-likeness (QED) is 0.354. The fourth-order valence-corrected chi connectivity index (χ4v) is 3.95. The standard InChI is InChI=1S/C24H34N6O2/c1-2-25-24(28-12-6-5-11-27-23-7-3-4-10-26-23)30-15-13-29(14-16-30)18-20-8-9-21-22(17-20)32-19-31-21/h3-4,7-10,17H,2,5-6,11-16,18-19H2,1H3,(H,25,28)(H,26,27). The molecule has 1 aromatic carbocycles. The molecule has 4 rings (SSSR count). The summed E-state index contributed by atoms with van der Waals surface area (Å²) in [5.74, 6) is 3.67. The monoisotopic (exact) mass is 438 g/mol. The van der Waals surface area contributed by atoms with Crippen molar-refractivity contribution in [2.75, 3.05) is 57.9 Å². The van der Waals surface area contributed by atoms with Crippen molar-refractivity contribution >= 4 is 11.8 Å². The van der Waals surface area contributed by atoms with Crippen molar-refractivity contribution in [1.29, 1.82) is 0 Å². The molecule has 8 nitrogen and oxygen atoms in total. The first-order valence-electron chi connectivity index (χ1n) is 11.6. The maximum Gasteiger partial charge on any atom is 0.231 e.